The van der Waals surface area contributed by atoms with E-state index in [4.69, 9.17) is 9.47 Å². The number of hydrogen-bond donors (Lipinski definition) is 0. The van der Waals surface area contributed by atoms with E-state index in [1.807, 2.05) is 12.1 Å². The van der Waals surface area contributed by atoms with Crippen LogP contribution in [0, 0.1) is 0 Å². The van der Waals surface area contributed by atoms with E-state index in [1.54, 1.807) is 14.2 Å². The van der Waals surface area contributed by atoms with E-state index in [0.717, 1.165) is 34.6 Å². The molecule has 0 saturated heterocycles. The molecule has 0 aliphatic rings. The third-order valence-electron chi connectivity index (χ3n) is 3.30. The summed E-state index contributed by atoms with van der Waals surface area (Å²) in [7, 11) is 5.45. The molecule has 21 heavy (non-hydrogen) atoms. The first-order valence-corrected chi connectivity index (χ1v) is 7.55. The lowest BCUT2D eigenvalue weighted by molar-refractivity contribution is 0.309. The molecule has 0 spiro atoms. The number of benzene rings is 2. The van der Waals surface area contributed by atoms with Crippen molar-refractivity contribution in [3.63, 3.8) is 0 Å². The zero-order valence-corrected chi connectivity index (χ0v) is 14.2. The van der Waals surface area contributed by atoms with Crippen molar-refractivity contribution in [3.05, 3.63) is 58.1 Å². The van der Waals surface area contributed by atoms with Crippen molar-refractivity contribution >= 4 is 15.9 Å². The fraction of sp³-hybridized carbons (Fsp3) is 0.294. The molecule has 2 aromatic carbocycles. The standard InChI is InChI=1S/C17H20BrNO2/c1-19(11-13-4-7-15(18)8-5-13)12-14-6-9-16(20-2)10-17(14)21-3/h4-10H,11-12H2,1-3H3. The van der Waals surface area contributed by atoms with Crippen molar-refractivity contribution in [3.8, 4) is 11.5 Å². The Balaban J connectivity index is 2.05. The molecule has 0 aliphatic carbocycles. The molecule has 0 saturated carbocycles. The summed E-state index contributed by atoms with van der Waals surface area (Å²) in [4.78, 5) is 2.26. The molecular formula is C17H20BrNO2. The lowest BCUT2D eigenvalue weighted by atomic mass is 10.1. The molecule has 2 aromatic rings. The van der Waals surface area contributed by atoms with Gasteiger partial charge >= 0.3 is 0 Å². The Morgan fingerprint density at radius 2 is 1.67 bits per heavy atom. The Morgan fingerprint density at radius 1 is 0.952 bits per heavy atom. The summed E-state index contributed by atoms with van der Waals surface area (Å²) < 4.78 is 11.8. The Hall–Kier alpha value is -1.52. The molecule has 0 amide bonds. The predicted molar refractivity (Wildman–Crippen MR) is 88.9 cm³/mol. The van der Waals surface area contributed by atoms with Crippen molar-refractivity contribution in [2.75, 3.05) is 21.3 Å². The first kappa shape index (κ1) is 15.9. The van der Waals surface area contributed by atoms with Crippen LogP contribution in [0.5, 0.6) is 11.5 Å². The summed E-state index contributed by atoms with van der Waals surface area (Å²) in [5.74, 6) is 1.67. The van der Waals surface area contributed by atoms with E-state index >= 15 is 0 Å². The maximum absolute atomic E-state index is 5.44. The summed E-state index contributed by atoms with van der Waals surface area (Å²) in [6, 6.07) is 14.3. The first-order chi connectivity index (χ1) is 10.1. The average molecular weight is 350 g/mol. The third kappa shape index (κ3) is 4.48. The molecule has 112 valence electrons. The zero-order valence-electron chi connectivity index (χ0n) is 12.6. The molecule has 2 rings (SSSR count). The number of halogens is 1. The van der Waals surface area contributed by atoms with Gasteiger partial charge < -0.3 is 9.47 Å². The highest BCUT2D eigenvalue weighted by molar-refractivity contribution is 9.10. The van der Waals surface area contributed by atoms with E-state index < -0.39 is 0 Å². The minimum Gasteiger partial charge on any atom is -0.497 e. The zero-order chi connectivity index (χ0) is 15.2. The molecule has 0 heterocycles. The fourth-order valence-corrected chi connectivity index (χ4v) is 2.50. The van der Waals surface area contributed by atoms with Crippen molar-refractivity contribution in [2.24, 2.45) is 0 Å². The van der Waals surface area contributed by atoms with Gasteiger partial charge in [-0.3, -0.25) is 4.90 Å². The van der Waals surface area contributed by atoms with Crippen LogP contribution in [-0.2, 0) is 13.1 Å². The number of hydrogen-bond acceptors (Lipinski definition) is 3. The molecule has 4 heteroatoms. The van der Waals surface area contributed by atoms with Crippen molar-refractivity contribution in [1.82, 2.24) is 4.90 Å². The lowest BCUT2D eigenvalue weighted by Crippen LogP contribution is -2.17. The largest absolute Gasteiger partial charge is 0.497 e. The van der Waals surface area contributed by atoms with Crippen LogP contribution >= 0.6 is 15.9 Å². The van der Waals surface area contributed by atoms with Gasteiger partial charge in [0.05, 0.1) is 14.2 Å². The summed E-state index contributed by atoms with van der Waals surface area (Å²) in [6.07, 6.45) is 0. The van der Waals surface area contributed by atoms with E-state index in [-0.39, 0.29) is 0 Å². The number of ether oxygens (including phenoxy) is 2. The predicted octanol–water partition coefficient (Wildman–Crippen LogP) is 4.10. The summed E-state index contributed by atoms with van der Waals surface area (Å²) in [6.45, 7) is 1.71. The second-order valence-electron chi connectivity index (χ2n) is 4.98. The molecule has 0 fully saturated rings. The van der Waals surface area contributed by atoms with Gasteiger partial charge in [-0.1, -0.05) is 34.1 Å². The number of nitrogens with zero attached hydrogens (tertiary/aromatic N) is 1. The van der Waals surface area contributed by atoms with Crippen molar-refractivity contribution < 1.29 is 9.47 Å². The highest BCUT2D eigenvalue weighted by atomic mass is 79.9. The van der Waals surface area contributed by atoms with Crippen LogP contribution in [0.3, 0.4) is 0 Å². The highest BCUT2D eigenvalue weighted by Crippen LogP contribution is 2.25. The lowest BCUT2D eigenvalue weighted by Gasteiger charge is -2.19. The van der Waals surface area contributed by atoms with Crippen molar-refractivity contribution in [2.45, 2.75) is 13.1 Å². The minimum atomic E-state index is 0.811. The van der Waals surface area contributed by atoms with Crippen LogP contribution in [0.2, 0.25) is 0 Å². The van der Waals surface area contributed by atoms with Gasteiger partial charge in [-0.05, 0) is 30.8 Å². The van der Waals surface area contributed by atoms with Gasteiger partial charge in [0.25, 0.3) is 0 Å². The van der Waals surface area contributed by atoms with Crippen LogP contribution in [0.15, 0.2) is 46.9 Å². The monoisotopic (exact) mass is 349 g/mol. The van der Waals surface area contributed by atoms with Crippen LogP contribution in [0.4, 0.5) is 0 Å². The Morgan fingerprint density at radius 3 is 2.29 bits per heavy atom. The van der Waals surface area contributed by atoms with E-state index in [9.17, 15) is 0 Å². The smallest absolute Gasteiger partial charge is 0.127 e. The van der Waals surface area contributed by atoms with Gasteiger partial charge in [-0.15, -0.1) is 0 Å². The Labute approximate surface area is 134 Å². The van der Waals surface area contributed by atoms with Gasteiger partial charge in [0, 0.05) is 29.2 Å². The van der Waals surface area contributed by atoms with Gasteiger partial charge in [-0.2, -0.15) is 0 Å². The Kier molecular flexibility index (Phi) is 5.65. The minimum absolute atomic E-state index is 0.811. The molecule has 0 N–H and O–H groups in total. The number of rotatable bonds is 6. The molecule has 0 atom stereocenters. The first-order valence-electron chi connectivity index (χ1n) is 6.76. The molecule has 0 bridgehead atoms. The van der Waals surface area contributed by atoms with Gasteiger partial charge in [0.2, 0.25) is 0 Å². The third-order valence-corrected chi connectivity index (χ3v) is 3.83. The highest BCUT2D eigenvalue weighted by Gasteiger charge is 2.08. The normalized spacial score (nSPS) is 10.7. The van der Waals surface area contributed by atoms with Crippen LogP contribution in [0.1, 0.15) is 11.1 Å². The quantitative estimate of drug-likeness (QED) is 0.783. The maximum Gasteiger partial charge on any atom is 0.127 e. The maximum atomic E-state index is 5.44. The Bertz CT molecular complexity index is 584. The second-order valence-corrected chi connectivity index (χ2v) is 5.89. The van der Waals surface area contributed by atoms with Gasteiger partial charge in [0.1, 0.15) is 11.5 Å². The summed E-state index contributed by atoms with van der Waals surface area (Å²) in [5, 5.41) is 0. The van der Waals surface area contributed by atoms with Crippen LogP contribution < -0.4 is 9.47 Å². The molecule has 0 aromatic heterocycles. The summed E-state index contributed by atoms with van der Waals surface area (Å²) in [5.41, 5.74) is 2.44. The molecule has 0 radical (unpaired) electrons. The average Bonchev–Trinajstić information content (AvgIpc) is 2.50. The molecule has 0 unspecified atom stereocenters. The summed E-state index contributed by atoms with van der Waals surface area (Å²) >= 11 is 3.46. The van der Waals surface area contributed by atoms with Crippen molar-refractivity contribution in [1.29, 1.82) is 0 Å². The second kappa shape index (κ2) is 7.48. The van der Waals surface area contributed by atoms with E-state index in [0.29, 0.717) is 0 Å². The van der Waals surface area contributed by atoms with Gasteiger partial charge in [-0.25, -0.2) is 0 Å². The molecular weight excluding hydrogens is 330 g/mol. The molecule has 3 nitrogen and oxygen atoms in total. The van der Waals surface area contributed by atoms with E-state index in [1.165, 1.54) is 5.56 Å². The SMILES string of the molecule is COc1ccc(CN(C)Cc2ccc(Br)cc2)c(OC)c1. The molecule has 0 aliphatic heterocycles. The van der Waals surface area contributed by atoms with Crippen LogP contribution in [-0.4, -0.2) is 26.2 Å². The topological polar surface area (TPSA) is 21.7 Å². The van der Waals surface area contributed by atoms with Gasteiger partial charge in [0.15, 0.2) is 0 Å². The fourth-order valence-electron chi connectivity index (χ4n) is 2.23. The number of methoxy groups -OCH3 is 2. The van der Waals surface area contributed by atoms with Crippen LogP contribution in [0.25, 0.3) is 0 Å². The van der Waals surface area contributed by atoms with E-state index in [2.05, 4.69) is 58.2 Å².